The monoisotopic (exact) mass is 331 g/mol. The first-order valence-corrected chi connectivity index (χ1v) is 7.28. The van der Waals surface area contributed by atoms with Crippen LogP contribution in [0.5, 0.6) is 0 Å². The third-order valence-corrected chi connectivity index (χ3v) is 4.03. The number of amides is 1. The van der Waals surface area contributed by atoms with E-state index in [1.807, 2.05) is 0 Å². The molecular formula is C14H17N7O3. The lowest BCUT2D eigenvalue weighted by Gasteiger charge is -2.15. The Hall–Kier alpha value is -3.17. The van der Waals surface area contributed by atoms with Gasteiger partial charge in [0.15, 0.2) is 11.2 Å². The van der Waals surface area contributed by atoms with Gasteiger partial charge in [-0.25, -0.2) is 9.78 Å². The van der Waals surface area contributed by atoms with Crippen LogP contribution in [0.2, 0.25) is 0 Å². The molecule has 1 amide bonds. The molecule has 0 saturated heterocycles. The van der Waals surface area contributed by atoms with E-state index < -0.39 is 11.2 Å². The molecule has 1 N–H and O–H groups in total. The third kappa shape index (κ3) is 2.41. The fourth-order valence-corrected chi connectivity index (χ4v) is 2.52. The second-order valence-corrected chi connectivity index (χ2v) is 5.48. The van der Waals surface area contributed by atoms with Gasteiger partial charge in [0.2, 0.25) is 5.91 Å². The Morgan fingerprint density at radius 1 is 1.29 bits per heavy atom. The quantitative estimate of drug-likeness (QED) is 0.673. The maximum Gasteiger partial charge on any atom is 0.332 e. The van der Waals surface area contributed by atoms with Gasteiger partial charge in [-0.3, -0.25) is 23.8 Å². The maximum absolute atomic E-state index is 12.3. The number of fused-ring (bicyclic) bond motifs is 1. The number of hydrogen-bond donors (Lipinski definition) is 1. The van der Waals surface area contributed by atoms with Gasteiger partial charge >= 0.3 is 5.69 Å². The number of anilines is 1. The number of imidazole rings is 1. The second kappa shape index (κ2) is 5.80. The topological polar surface area (TPSA) is 111 Å². The van der Waals surface area contributed by atoms with E-state index in [0.29, 0.717) is 16.9 Å². The van der Waals surface area contributed by atoms with Gasteiger partial charge in [0.1, 0.15) is 0 Å². The number of aryl methyl sites for hydroxylation is 2. The summed E-state index contributed by atoms with van der Waals surface area (Å²) in [5.74, 6) is -0.125. The highest BCUT2D eigenvalue weighted by Gasteiger charge is 2.16. The molecule has 126 valence electrons. The number of hydrogen-bond acceptors (Lipinski definition) is 5. The van der Waals surface area contributed by atoms with Crippen LogP contribution >= 0.6 is 0 Å². The minimum Gasteiger partial charge on any atom is -0.324 e. The first-order valence-electron chi connectivity index (χ1n) is 7.28. The summed E-state index contributed by atoms with van der Waals surface area (Å²) < 4.78 is 3.94. The van der Waals surface area contributed by atoms with Crippen LogP contribution in [-0.2, 0) is 25.4 Å². The minimum absolute atomic E-state index is 0.125. The minimum atomic E-state index is -0.437. The lowest BCUT2D eigenvalue weighted by Crippen LogP contribution is -2.37. The van der Waals surface area contributed by atoms with Crippen LogP contribution in [0.3, 0.4) is 0 Å². The highest BCUT2D eigenvalue weighted by Crippen LogP contribution is 2.11. The van der Waals surface area contributed by atoms with Crippen molar-refractivity contribution in [2.24, 2.45) is 14.1 Å². The van der Waals surface area contributed by atoms with Crippen LogP contribution in [0.25, 0.3) is 11.2 Å². The zero-order chi connectivity index (χ0) is 17.4. The molecule has 0 atom stereocenters. The van der Waals surface area contributed by atoms with Crippen LogP contribution < -0.4 is 16.1 Å². The maximum atomic E-state index is 12.3. The fourth-order valence-electron chi connectivity index (χ4n) is 2.52. The van der Waals surface area contributed by atoms with Crippen molar-refractivity contribution in [2.75, 3.05) is 11.9 Å². The molecule has 0 spiro atoms. The molecule has 3 rings (SSSR count). The smallest absolute Gasteiger partial charge is 0.324 e. The number of aromatic nitrogens is 6. The SMILES string of the molecule is CN(C(=O)CCn1cnc2c1c(=O)n(C)c(=O)n2C)c1cn[nH]c1. The summed E-state index contributed by atoms with van der Waals surface area (Å²) in [5.41, 5.74) is 0.403. The van der Waals surface area contributed by atoms with Crippen LogP contribution in [0.15, 0.2) is 28.3 Å². The van der Waals surface area contributed by atoms with E-state index in [0.717, 1.165) is 4.57 Å². The predicted molar refractivity (Wildman–Crippen MR) is 86.8 cm³/mol. The van der Waals surface area contributed by atoms with Crippen molar-refractivity contribution in [3.8, 4) is 0 Å². The van der Waals surface area contributed by atoms with Gasteiger partial charge in [-0.1, -0.05) is 0 Å². The summed E-state index contributed by atoms with van der Waals surface area (Å²) in [4.78, 5) is 42.1. The molecule has 3 heterocycles. The van der Waals surface area contributed by atoms with Gasteiger partial charge < -0.3 is 9.47 Å². The van der Waals surface area contributed by atoms with E-state index in [2.05, 4.69) is 15.2 Å². The summed E-state index contributed by atoms with van der Waals surface area (Å²) >= 11 is 0. The van der Waals surface area contributed by atoms with Gasteiger partial charge in [0.05, 0.1) is 18.2 Å². The molecule has 0 radical (unpaired) electrons. The standard InChI is InChI=1S/C14H17N7O3/c1-18(9-6-16-17-7-9)10(22)4-5-21-8-15-12-11(21)13(23)20(3)14(24)19(12)2/h6-8H,4-5H2,1-3H3,(H,16,17). The molecule has 10 nitrogen and oxygen atoms in total. The zero-order valence-corrected chi connectivity index (χ0v) is 13.6. The summed E-state index contributed by atoms with van der Waals surface area (Å²) in [7, 11) is 4.63. The number of nitrogens with zero attached hydrogens (tertiary/aromatic N) is 6. The van der Waals surface area contributed by atoms with Crippen LogP contribution in [0.1, 0.15) is 6.42 Å². The van der Waals surface area contributed by atoms with Gasteiger partial charge in [-0.2, -0.15) is 5.10 Å². The average Bonchev–Trinajstić information content (AvgIpc) is 3.24. The highest BCUT2D eigenvalue weighted by atomic mass is 16.2. The molecular weight excluding hydrogens is 314 g/mol. The first kappa shape index (κ1) is 15.7. The van der Waals surface area contributed by atoms with Gasteiger partial charge in [-0.05, 0) is 0 Å². The number of aromatic amines is 1. The summed E-state index contributed by atoms with van der Waals surface area (Å²) in [5, 5.41) is 6.45. The Morgan fingerprint density at radius 2 is 2.04 bits per heavy atom. The average molecular weight is 331 g/mol. The van der Waals surface area contributed by atoms with Crippen molar-refractivity contribution in [1.29, 1.82) is 0 Å². The predicted octanol–water partition coefficient (Wildman–Crippen LogP) is -0.790. The molecule has 0 unspecified atom stereocenters. The molecule has 0 aliphatic heterocycles. The largest absolute Gasteiger partial charge is 0.332 e. The molecule has 0 fully saturated rings. The fraction of sp³-hybridized carbons (Fsp3) is 0.357. The van der Waals surface area contributed by atoms with Gasteiger partial charge in [0, 0.05) is 40.3 Å². The van der Waals surface area contributed by atoms with Crippen LogP contribution in [0, 0.1) is 0 Å². The Labute approximate surface area is 135 Å². The van der Waals surface area contributed by atoms with Gasteiger partial charge in [0.25, 0.3) is 5.56 Å². The van der Waals surface area contributed by atoms with E-state index >= 15 is 0 Å². The molecule has 0 aromatic carbocycles. The van der Waals surface area contributed by atoms with E-state index in [1.165, 1.54) is 22.8 Å². The van der Waals surface area contributed by atoms with Crippen LogP contribution in [-0.4, -0.2) is 41.8 Å². The van der Waals surface area contributed by atoms with Crippen molar-refractivity contribution < 1.29 is 4.79 Å². The van der Waals surface area contributed by atoms with Crippen LogP contribution in [0.4, 0.5) is 5.69 Å². The van der Waals surface area contributed by atoms with Crippen molar-refractivity contribution in [2.45, 2.75) is 13.0 Å². The molecule has 0 saturated carbocycles. The highest BCUT2D eigenvalue weighted by molar-refractivity contribution is 5.92. The van der Waals surface area contributed by atoms with E-state index in [1.54, 1.807) is 31.1 Å². The molecule has 10 heteroatoms. The number of carbonyl (C=O) groups is 1. The number of H-pyrrole nitrogens is 1. The Bertz CT molecular complexity index is 1010. The van der Waals surface area contributed by atoms with Gasteiger partial charge in [-0.15, -0.1) is 0 Å². The number of nitrogens with one attached hydrogen (secondary N) is 1. The van der Waals surface area contributed by atoms with Crippen molar-refractivity contribution >= 4 is 22.8 Å². The summed E-state index contributed by atoms with van der Waals surface area (Å²) in [6, 6.07) is 0. The summed E-state index contributed by atoms with van der Waals surface area (Å²) in [6.45, 7) is 0.283. The second-order valence-electron chi connectivity index (χ2n) is 5.48. The van der Waals surface area contributed by atoms with E-state index in [4.69, 9.17) is 0 Å². The number of rotatable bonds is 4. The molecule has 24 heavy (non-hydrogen) atoms. The number of carbonyl (C=O) groups excluding carboxylic acids is 1. The lowest BCUT2D eigenvalue weighted by atomic mass is 10.3. The molecule has 0 bridgehead atoms. The van der Waals surface area contributed by atoms with E-state index in [9.17, 15) is 14.4 Å². The molecule has 3 aromatic heterocycles. The molecule has 3 aromatic rings. The first-order chi connectivity index (χ1) is 11.4. The van der Waals surface area contributed by atoms with E-state index in [-0.39, 0.29) is 18.9 Å². The van der Waals surface area contributed by atoms with Crippen molar-refractivity contribution in [3.05, 3.63) is 39.6 Å². The third-order valence-electron chi connectivity index (χ3n) is 4.03. The zero-order valence-electron chi connectivity index (χ0n) is 13.6. The lowest BCUT2D eigenvalue weighted by molar-refractivity contribution is -0.118. The summed E-state index contributed by atoms with van der Waals surface area (Å²) in [6.07, 6.45) is 4.82. The Morgan fingerprint density at radius 3 is 2.71 bits per heavy atom. The Balaban J connectivity index is 1.88. The molecule has 0 aliphatic carbocycles. The Kier molecular flexibility index (Phi) is 3.80. The normalized spacial score (nSPS) is 11.1. The van der Waals surface area contributed by atoms with Crippen molar-refractivity contribution in [3.63, 3.8) is 0 Å². The van der Waals surface area contributed by atoms with Crippen molar-refractivity contribution in [1.82, 2.24) is 28.9 Å². The molecule has 0 aliphatic rings.